The van der Waals surface area contributed by atoms with Crippen molar-refractivity contribution in [3.05, 3.63) is 0 Å². The summed E-state index contributed by atoms with van der Waals surface area (Å²) in [6, 6.07) is -5.85. The third kappa shape index (κ3) is 14.7. The van der Waals surface area contributed by atoms with E-state index in [0.29, 0.717) is 11.5 Å². The van der Waals surface area contributed by atoms with Crippen LogP contribution in [0.2, 0.25) is 0 Å². The Balaban J connectivity index is 5.81. The lowest BCUT2D eigenvalue weighted by Crippen LogP contribution is -2.59. The fraction of sp³-hybridized carbons (Fsp3) is 0.760. The van der Waals surface area contributed by atoms with Crippen molar-refractivity contribution in [1.82, 2.24) is 21.3 Å². The highest BCUT2D eigenvalue weighted by atomic mass is 32.2. The molecule has 0 radical (unpaired) electrons. The molecule has 0 saturated carbocycles. The molecule has 40 heavy (non-hydrogen) atoms. The van der Waals surface area contributed by atoms with Crippen LogP contribution in [0.5, 0.6) is 0 Å². The zero-order chi connectivity index (χ0) is 31.0. The van der Waals surface area contributed by atoms with Crippen LogP contribution in [0.25, 0.3) is 0 Å². The van der Waals surface area contributed by atoms with Gasteiger partial charge in [0.05, 0.1) is 12.5 Å². The number of amides is 4. The van der Waals surface area contributed by atoms with Crippen LogP contribution < -0.4 is 27.0 Å². The molecule has 8 N–H and O–H groups in total. The third-order valence-electron chi connectivity index (χ3n) is 5.84. The zero-order valence-electron chi connectivity index (χ0n) is 24.0. The van der Waals surface area contributed by atoms with Crippen molar-refractivity contribution in [2.24, 2.45) is 17.6 Å². The second-order valence-electron chi connectivity index (χ2n) is 10.1. The number of carboxylic acids is 2. The zero-order valence-corrected chi connectivity index (χ0v) is 25.7. The van der Waals surface area contributed by atoms with Gasteiger partial charge in [-0.2, -0.15) is 23.5 Å². The lowest BCUT2D eigenvalue weighted by atomic mass is 10.0. The van der Waals surface area contributed by atoms with E-state index >= 15 is 0 Å². The number of hydrogen-bond acceptors (Lipinski definition) is 9. The van der Waals surface area contributed by atoms with Gasteiger partial charge in [-0.3, -0.25) is 24.0 Å². The number of thioether (sulfide) groups is 2. The van der Waals surface area contributed by atoms with E-state index in [1.165, 1.54) is 23.5 Å². The van der Waals surface area contributed by atoms with Crippen LogP contribution in [0, 0.1) is 11.8 Å². The maximum Gasteiger partial charge on any atom is 0.326 e. The highest BCUT2D eigenvalue weighted by molar-refractivity contribution is 7.98. The van der Waals surface area contributed by atoms with Crippen molar-refractivity contribution >= 4 is 59.1 Å². The highest BCUT2D eigenvalue weighted by Crippen LogP contribution is 2.09. The summed E-state index contributed by atoms with van der Waals surface area (Å²) < 4.78 is 0. The standard InChI is InChI=1S/C25H45N5O8S2/c1-13(2)11-18(25(37)38)30-22(34)15(7-9-39-5)27-23(35)17(12-19(31)32)29-21(33)16(8-10-40-6)28-24(36)20(26)14(3)4/h13-18,20H,7-12,26H2,1-6H3,(H,27,35)(H,28,36)(H,29,33)(H,30,34)(H,31,32)(H,37,38)/t15-,16-,17-,18-,20-/m0/s1. The van der Waals surface area contributed by atoms with Crippen LogP contribution in [0.4, 0.5) is 0 Å². The molecule has 4 amide bonds. The number of rotatable bonds is 20. The first-order valence-corrected chi connectivity index (χ1v) is 15.8. The minimum Gasteiger partial charge on any atom is -0.481 e. The molecule has 5 atom stereocenters. The van der Waals surface area contributed by atoms with E-state index < -0.39 is 72.2 Å². The van der Waals surface area contributed by atoms with Crippen molar-refractivity contribution in [1.29, 1.82) is 0 Å². The average molecular weight is 608 g/mol. The van der Waals surface area contributed by atoms with Gasteiger partial charge in [-0.1, -0.05) is 27.7 Å². The first kappa shape index (κ1) is 37.5. The highest BCUT2D eigenvalue weighted by Gasteiger charge is 2.33. The molecular formula is C25H45N5O8S2. The molecule has 13 nitrogen and oxygen atoms in total. The largest absolute Gasteiger partial charge is 0.481 e. The quantitative estimate of drug-likeness (QED) is 0.0978. The molecule has 0 spiro atoms. The molecule has 0 aromatic heterocycles. The second kappa shape index (κ2) is 19.5. The molecule has 0 fully saturated rings. The summed E-state index contributed by atoms with van der Waals surface area (Å²) in [6.45, 7) is 7.11. The van der Waals surface area contributed by atoms with Crippen LogP contribution in [-0.2, 0) is 28.8 Å². The number of aliphatic carboxylic acids is 2. The van der Waals surface area contributed by atoms with Crippen LogP contribution >= 0.6 is 23.5 Å². The van der Waals surface area contributed by atoms with Crippen molar-refractivity contribution in [2.45, 2.75) is 83.6 Å². The molecule has 0 unspecified atom stereocenters. The second-order valence-corrected chi connectivity index (χ2v) is 12.1. The molecular weight excluding hydrogens is 562 g/mol. The maximum atomic E-state index is 13.1. The van der Waals surface area contributed by atoms with Gasteiger partial charge in [-0.05, 0) is 55.1 Å². The molecule has 15 heteroatoms. The van der Waals surface area contributed by atoms with Gasteiger partial charge in [-0.25, -0.2) is 4.79 Å². The molecule has 0 bridgehead atoms. The van der Waals surface area contributed by atoms with E-state index in [-0.39, 0.29) is 31.1 Å². The Kier molecular flexibility index (Phi) is 18.3. The summed E-state index contributed by atoms with van der Waals surface area (Å²) in [5, 5.41) is 28.7. The van der Waals surface area contributed by atoms with Gasteiger partial charge in [0.2, 0.25) is 23.6 Å². The van der Waals surface area contributed by atoms with E-state index in [1.807, 2.05) is 6.26 Å². The molecule has 0 aliphatic heterocycles. The average Bonchev–Trinajstić information content (AvgIpc) is 2.86. The van der Waals surface area contributed by atoms with E-state index in [0.717, 1.165) is 0 Å². The Bertz CT molecular complexity index is 874. The Morgan fingerprint density at radius 1 is 0.675 bits per heavy atom. The summed E-state index contributed by atoms with van der Waals surface area (Å²) in [5.74, 6) is -4.87. The van der Waals surface area contributed by atoms with Crippen molar-refractivity contribution in [2.75, 3.05) is 24.0 Å². The molecule has 0 heterocycles. The predicted octanol–water partition coefficient (Wildman–Crippen LogP) is 0.0205. The van der Waals surface area contributed by atoms with Gasteiger partial charge >= 0.3 is 11.9 Å². The normalized spacial score (nSPS) is 14.9. The molecule has 0 saturated heterocycles. The van der Waals surface area contributed by atoms with E-state index in [9.17, 15) is 39.0 Å². The number of carbonyl (C=O) groups is 6. The van der Waals surface area contributed by atoms with Crippen LogP contribution in [0.1, 0.15) is 53.4 Å². The molecule has 0 aromatic carbocycles. The minimum atomic E-state index is -1.56. The van der Waals surface area contributed by atoms with E-state index in [2.05, 4.69) is 21.3 Å². The van der Waals surface area contributed by atoms with Gasteiger partial charge in [0.1, 0.15) is 24.2 Å². The molecule has 230 valence electrons. The fourth-order valence-corrected chi connectivity index (χ4v) is 4.42. The first-order valence-electron chi connectivity index (χ1n) is 13.0. The monoisotopic (exact) mass is 607 g/mol. The lowest BCUT2D eigenvalue weighted by molar-refractivity contribution is -0.143. The summed E-state index contributed by atoms with van der Waals surface area (Å²) in [4.78, 5) is 74.8. The lowest BCUT2D eigenvalue weighted by Gasteiger charge is -2.26. The van der Waals surface area contributed by atoms with Gasteiger partial charge in [-0.15, -0.1) is 0 Å². The van der Waals surface area contributed by atoms with E-state index in [1.54, 1.807) is 34.0 Å². The number of carbonyl (C=O) groups excluding carboxylic acids is 4. The molecule has 0 aliphatic carbocycles. The molecule has 0 aromatic rings. The van der Waals surface area contributed by atoms with Crippen molar-refractivity contribution in [3.63, 3.8) is 0 Å². The van der Waals surface area contributed by atoms with Crippen LogP contribution in [-0.4, -0.2) is 100 Å². The first-order chi connectivity index (χ1) is 18.6. The number of carboxylic acid groups (broad SMARTS) is 2. The summed E-state index contributed by atoms with van der Waals surface area (Å²) in [5.41, 5.74) is 5.89. The van der Waals surface area contributed by atoms with E-state index in [4.69, 9.17) is 5.73 Å². The van der Waals surface area contributed by atoms with Crippen molar-refractivity contribution < 1.29 is 39.0 Å². The predicted molar refractivity (Wildman–Crippen MR) is 156 cm³/mol. The molecule has 0 aliphatic rings. The summed E-state index contributed by atoms with van der Waals surface area (Å²) in [6.07, 6.45) is 3.33. The SMILES string of the molecule is CSCC[C@H](NC(=O)[C@H](CC(=O)O)NC(=O)[C@H](CCSC)NC(=O)[C@@H](N)C(C)C)C(=O)N[C@@H](CC(C)C)C(=O)O. The molecule has 0 rings (SSSR count). The Hall–Kier alpha value is -2.52. The number of hydrogen-bond donors (Lipinski definition) is 7. The van der Waals surface area contributed by atoms with Crippen LogP contribution in [0.3, 0.4) is 0 Å². The summed E-state index contributed by atoms with van der Waals surface area (Å²) >= 11 is 2.83. The van der Waals surface area contributed by atoms with Gasteiger partial charge < -0.3 is 37.2 Å². The Morgan fingerprint density at radius 2 is 1.07 bits per heavy atom. The van der Waals surface area contributed by atoms with Gasteiger partial charge in [0.25, 0.3) is 0 Å². The minimum absolute atomic E-state index is 0.0227. The number of nitrogens with one attached hydrogen (secondary N) is 4. The Morgan fingerprint density at radius 3 is 1.45 bits per heavy atom. The van der Waals surface area contributed by atoms with Gasteiger partial charge in [0, 0.05) is 0 Å². The topological polar surface area (TPSA) is 217 Å². The van der Waals surface area contributed by atoms with Crippen LogP contribution in [0.15, 0.2) is 0 Å². The fourth-order valence-electron chi connectivity index (χ4n) is 3.47. The smallest absolute Gasteiger partial charge is 0.326 e. The maximum absolute atomic E-state index is 13.1. The van der Waals surface area contributed by atoms with Crippen molar-refractivity contribution in [3.8, 4) is 0 Å². The number of nitrogens with two attached hydrogens (primary N) is 1. The van der Waals surface area contributed by atoms with Gasteiger partial charge in [0.15, 0.2) is 0 Å². The Labute approximate surface area is 244 Å². The summed E-state index contributed by atoms with van der Waals surface area (Å²) in [7, 11) is 0. The third-order valence-corrected chi connectivity index (χ3v) is 7.13.